The third-order valence-corrected chi connectivity index (χ3v) is 4.64. The minimum atomic E-state index is 0.851. The molecule has 2 fully saturated rings. The monoisotopic (exact) mass is 214 g/mol. The summed E-state index contributed by atoms with van der Waals surface area (Å²) in [6, 6.07) is 0.851. The molecule has 2 unspecified atom stereocenters. The van der Waals surface area contributed by atoms with Gasteiger partial charge in [-0.3, -0.25) is 0 Å². The van der Waals surface area contributed by atoms with Gasteiger partial charge in [0, 0.05) is 23.6 Å². The molecule has 0 amide bonds. The van der Waals surface area contributed by atoms with Gasteiger partial charge in [-0.25, -0.2) is 0 Å². The van der Waals surface area contributed by atoms with Gasteiger partial charge in [0.25, 0.3) is 0 Å². The highest BCUT2D eigenvalue weighted by Gasteiger charge is 2.31. The van der Waals surface area contributed by atoms with Gasteiger partial charge in [-0.2, -0.15) is 11.8 Å². The van der Waals surface area contributed by atoms with Crippen molar-refractivity contribution in [2.24, 2.45) is 5.92 Å². The lowest BCUT2D eigenvalue weighted by molar-refractivity contribution is 0.531. The molecule has 0 aromatic rings. The molecule has 0 aromatic heterocycles. The standard InChI is InChI=1S/C11H22N2S/c1-9-8-11(9)13-6-7-14-10-2-4-12-5-3-10/h9-13H,2-8H2,1H3. The summed E-state index contributed by atoms with van der Waals surface area (Å²) in [5, 5.41) is 7.95. The van der Waals surface area contributed by atoms with Gasteiger partial charge in [0.15, 0.2) is 0 Å². The number of hydrogen-bond acceptors (Lipinski definition) is 3. The fourth-order valence-electron chi connectivity index (χ4n) is 2.04. The average Bonchev–Trinajstić information content (AvgIpc) is 2.91. The lowest BCUT2D eigenvalue weighted by Crippen LogP contribution is -2.30. The smallest absolute Gasteiger partial charge is 0.00967 e. The molecule has 1 saturated carbocycles. The summed E-state index contributed by atoms with van der Waals surface area (Å²) in [4.78, 5) is 0. The highest BCUT2D eigenvalue weighted by molar-refractivity contribution is 7.99. The van der Waals surface area contributed by atoms with E-state index >= 15 is 0 Å². The van der Waals surface area contributed by atoms with Gasteiger partial charge in [-0.15, -0.1) is 0 Å². The molecule has 1 heterocycles. The van der Waals surface area contributed by atoms with Crippen molar-refractivity contribution in [1.29, 1.82) is 0 Å². The van der Waals surface area contributed by atoms with E-state index in [4.69, 9.17) is 0 Å². The maximum Gasteiger partial charge on any atom is 0.00967 e. The lowest BCUT2D eigenvalue weighted by Gasteiger charge is -2.21. The summed E-state index contributed by atoms with van der Waals surface area (Å²) in [7, 11) is 0. The zero-order valence-corrected chi connectivity index (χ0v) is 9.91. The summed E-state index contributed by atoms with van der Waals surface area (Å²) in [6.45, 7) is 6.00. The van der Waals surface area contributed by atoms with Crippen molar-refractivity contribution < 1.29 is 0 Å². The van der Waals surface area contributed by atoms with Gasteiger partial charge < -0.3 is 10.6 Å². The predicted molar refractivity (Wildman–Crippen MR) is 63.9 cm³/mol. The Balaban J connectivity index is 1.45. The fraction of sp³-hybridized carbons (Fsp3) is 1.00. The van der Waals surface area contributed by atoms with E-state index in [0.29, 0.717) is 0 Å². The van der Waals surface area contributed by atoms with Crippen LogP contribution in [0.25, 0.3) is 0 Å². The summed E-state index contributed by atoms with van der Waals surface area (Å²) in [6.07, 6.45) is 4.13. The molecule has 82 valence electrons. The van der Waals surface area contributed by atoms with Crippen LogP contribution in [0.5, 0.6) is 0 Å². The molecule has 0 radical (unpaired) electrons. The highest BCUT2D eigenvalue weighted by atomic mass is 32.2. The van der Waals surface area contributed by atoms with Crippen molar-refractivity contribution in [3.8, 4) is 0 Å². The first-order valence-corrected chi connectivity index (χ1v) is 6.97. The van der Waals surface area contributed by atoms with E-state index in [2.05, 4.69) is 29.3 Å². The molecule has 1 aliphatic carbocycles. The van der Waals surface area contributed by atoms with Crippen molar-refractivity contribution in [2.45, 2.75) is 37.5 Å². The lowest BCUT2D eigenvalue weighted by atomic mass is 10.2. The molecule has 0 spiro atoms. The molecular weight excluding hydrogens is 192 g/mol. The Labute approximate surface area is 91.6 Å². The molecule has 3 heteroatoms. The Hall–Kier alpha value is 0.270. The van der Waals surface area contributed by atoms with E-state index in [1.54, 1.807) is 0 Å². The van der Waals surface area contributed by atoms with Crippen molar-refractivity contribution in [1.82, 2.24) is 10.6 Å². The number of rotatable bonds is 5. The fourth-order valence-corrected chi connectivity index (χ4v) is 3.18. The Morgan fingerprint density at radius 3 is 2.71 bits per heavy atom. The predicted octanol–water partition coefficient (Wildman–Crippen LogP) is 1.47. The van der Waals surface area contributed by atoms with E-state index < -0.39 is 0 Å². The van der Waals surface area contributed by atoms with Crippen molar-refractivity contribution in [3.63, 3.8) is 0 Å². The molecule has 1 saturated heterocycles. The second-order valence-electron chi connectivity index (χ2n) is 4.59. The molecule has 2 nitrogen and oxygen atoms in total. The van der Waals surface area contributed by atoms with Crippen LogP contribution in [-0.4, -0.2) is 36.7 Å². The van der Waals surface area contributed by atoms with E-state index in [-0.39, 0.29) is 0 Å². The summed E-state index contributed by atoms with van der Waals surface area (Å²) >= 11 is 2.17. The minimum absolute atomic E-state index is 0.851. The quantitative estimate of drug-likeness (QED) is 0.678. The van der Waals surface area contributed by atoms with Crippen LogP contribution in [0, 0.1) is 5.92 Å². The van der Waals surface area contributed by atoms with E-state index in [0.717, 1.165) is 17.2 Å². The molecule has 2 rings (SSSR count). The largest absolute Gasteiger partial charge is 0.317 e. The van der Waals surface area contributed by atoms with E-state index in [1.807, 2.05) is 0 Å². The normalized spacial score (nSPS) is 33.2. The summed E-state index contributed by atoms with van der Waals surface area (Å²) in [5.74, 6) is 2.24. The summed E-state index contributed by atoms with van der Waals surface area (Å²) in [5.41, 5.74) is 0. The van der Waals surface area contributed by atoms with Crippen LogP contribution >= 0.6 is 11.8 Å². The summed E-state index contributed by atoms with van der Waals surface area (Å²) < 4.78 is 0. The Bertz CT molecular complexity index is 169. The molecule has 0 aromatic carbocycles. The molecule has 14 heavy (non-hydrogen) atoms. The third kappa shape index (κ3) is 3.44. The van der Waals surface area contributed by atoms with Gasteiger partial charge in [-0.1, -0.05) is 6.92 Å². The number of piperidine rings is 1. The average molecular weight is 214 g/mol. The molecule has 1 aliphatic heterocycles. The Morgan fingerprint density at radius 1 is 1.36 bits per heavy atom. The van der Waals surface area contributed by atoms with Crippen molar-refractivity contribution in [3.05, 3.63) is 0 Å². The maximum atomic E-state index is 3.61. The zero-order chi connectivity index (χ0) is 9.80. The van der Waals surface area contributed by atoms with Crippen LogP contribution < -0.4 is 10.6 Å². The van der Waals surface area contributed by atoms with Crippen LogP contribution in [0.4, 0.5) is 0 Å². The second kappa shape index (κ2) is 5.38. The van der Waals surface area contributed by atoms with Gasteiger partial charge in [-0.05, 0) is 38.3 Å². The maximum absolute atomic E-state index is 3.61. The Morgan fingerprint density at radius 2 is 2.07 bits per heavy atom. The molecule has 2 N–H and O–H groups in total. The first kappa shape index (κ1) is 10.8. The number of thioether (sulfide) groups is 1. The van der Waals surface area contributed by atoms with E-state index in [1.165, 1.54) is 44.6 Å². The molecular formula is C11H22N2S. The molecule has 0 bridgehead atoms. The second-order valence-corrected chi connectivity index (χ2v) is 6.00. The van der Waals surface area contributed by atoms with Crippen LogP contribution in [0.1, 0.15) is 26.2 Å². The van der Waals surface area contributed by atoms with Gasteiger partial charge in [0.2, 0.25) is 0 Å². The van der Waals surface area contributed by atoms with Gasteiger partial charge in [0.05, 0.1) is 0 Å². The molecule has 2 atom stereocenters. The SMILES string of the molecule is CC1CC1NCCSC1CCNCC1. The van der Waals surface area contributed by atoms with Crippen LogP contribution in [0.3, 0.4) is 0 Å². The Kier molecular flexibility index (Phi) is 4.14. The van der Waals surface area contributed by atoms with E-state index in [9.17, 15) is 0 Å². The topological polar surface area (TPSA) is 24.1 Å². The first-order chi connectivity index (χ1) is 6.86. The van der Waals surface area contributed by atoms with Crippen LogP contribution in [-0.2, 0) is 0 Å². The molecule has 2 aliphatic rings. The zero-order valence-electron chi connectivity index (χ0n) is 9.09. The van der Waals surface area contributed by atoms with Gasteiger partial charge >= 0.3 is 0 Å². The number of hydrogen-bond donors (Lipinski definition) is 2. The van der Waals surface area contributed by atoms with Crippen LogP contribution in [0.15, 0.2) is 0 Å². The number of nitrogens with one attached hydrogen (secondary N) is 2. The first-order valence-electron chi connectivity index (χ1n) is 5.92. The minimum Gasteiger partial charge on any atom is -0.317 e. The van der Waals surface area contributed by atoms with Crippen molar-refractivity contribution >= 4 is 11.8 Å². The van der Waals surface area contributed by atoms with Crippen molar-refractivity contribution in [2.75, 3.05) is 25.4 Å². The highest BCUT2D eigenvalue weighted by Crippen LogP contribution is 2.29. The van der Waals surface area contributed by atoms with Gasteiger partial charge in [0.1, 0.15) is 0 Å². The van der Waals surface area contributed by atoms with Crippen LogP contribution in [0.2, 0.25) is 0 Å². The third-order valence-electron chi connectivity index (χ3n) is 3.26.